The Morgan fingerprint density at radius 3 is 2.56 bits per heavy atom. The van der Waals surface area contributed by atoms with E-state index in [-0.39, 0.29) is 23.5 Å². The van der Waals surface area contributed by atoms with Gasteiger partial charge in [-0.05, 0) is 12.8 Å². The van der Waals surface area contributed by atoms with Crippen molar-refractivity contribution in [2.75, 3.05) is 11.5 Å². The van der Waals surface area contributed by atoms with Gasteiger partial charge in [0.15, 0.2) is 0 Å². The Hall–Kier alpha value is -0.750. The first kappa shape index (κ1) is 13.3. The minimum Gasteiger partial charge on any atom is -0.481 e. The van der Waals surface area contributed by atoms with Crippen LogP contribution in [0.15, 0.2) is 0 Å². The van der Waals surface area contributed by atoms with Crippen molar-refractivity contribution < 1.29 is 19.8 Å². The van der Waals surface area contributed by atoms with Crippen LogP contribution in [0.25, 0.3) is 0 Å². The molecular formula is C10H17NO4S. The first-order chi connectivity index (χ1) is 7.59. The maximum atomic E-state index is 11.4. The van der Waals surface area contributed by atoms with Gasteiger partial charge in [0.1, 0.15) is 0 Å². The van der Waals surface area contributed by atoms with E-state index >= 15 is 0 Å². The Morgan fingerprint density at radius 1 is 1.25 bits per heavy atom. The molecule has 3 N–H and O–H groups in total. The fourth-order valence-electron chi connectivity index (χ4n) is 1.76. The maximum Gasteiger partial charge on any atom is 0.313 e. The topological polar surface area (TPSA) is 86.6 Å². The van der Waals surface area contributed by atoms with E-state index in [0.29, 0.717) is 0 Å². The largest absolute Gasteiger partial charge is 0.481 e. The van der Waals surface area contributed by atoms with Crippen molar-refractivity contribution in [1.82, 2.24) is 5.32 Å². The molecule has 0 aromatic carbocycles. The fraction of sp³-hybridized carbons (Fsp3) is 0.800. The van der Waals surface area contributed by atoms with Crippen molar-refractivity contribution in [2.45, 2.75) is 37.8 Å². The van der Waals surface area contributed by atoms with E-state index in [2.05, 4.69) is 5.32 Å². The van der Waals surface area contributed by atoms with Crippen LogP contribution in [0.1, 0.15) is 25.7 Å². The van der Waals surface area contributed by atoms with Gasteiger partial charge in [0.05, 0.1) is 23.7 Å². The van der Waals surface area contributed by atoms with Crippen LogP contribution in [0.4, 0.5) is 0 Å². The van der Waals surface area contributed by atoms with Crippen molar-refractivity contribution >= 4 is 23.6 Å². The minimum absolute atomic E-state index is 0.0688. The second kappa shape index (κ2) is 6.75. The van der Waals surface area contributed by atoms with Gasteiger partial charge in [-0.1, -0.05) is 12.8 Å². The lowest BCUT2D eigenvalue weighted by atomic mass is 9.93. The van der Waals surface area contributed by atoms with Gasteiger partial charge in [0.25, 0.3) is 0 Å². The number of aliphatic hydroxyl groups excluding tert-OH is 1. The highest BCUT2D eigenvalue weighted by Gasteiger charge is 2.24. The van der Waals surface area contributed by atoms with E-state index in [4.69, 9.17) is 5.11 Å². The highest BCUT2D eigenvalue weighted by atomic mass is 32.2. The molecule has 2 atom stereocenters. The number of rotatable bonds is 5. The van der Waals surface area contributed by atoms with Crippen molar-refractivity contribution in [3.05, 3.63) is 0 Å². The molecule has 6 heteroatoms. The highest BCUT2D eigenvalue weighted by molar-refractivity contribution is 8.00. The molecule has 92 valence electrons. The van der Waals surface area contributed by atoms with Gasteiger partial charge in [0.2, 0.25) is 5.91 Å². The average molecular weight is 247 g/mol. The van der Waals surface area contributed by atoms with Gasteiger partial charge in [-0.15, -0.1) is 11.8 Å². The van der Waals surface area contributed by atoms with Crippen LogP contribution in [0, 0.1) is 0 Å². The number of hydrogen-bond acceptors (Lipinski definition) is 4. The summed E-state index contributed by atoms with van der Waals surface area (Å²) in [5, 5.41) is 20.8. The molecule has 1 fully saturated rings. The number of thioether (sulfide) groups is 1. The van der Waals surface area contributed by atoms with Gasteiger partial charge in [-0.2, -0.15) is 0 Å². The number of hydrogen-bond donors (Lipinski definition) is 3. The second-order valence-corrected chi connectivity index (χ2v) is 4.90. The van der Waals surface area contributed by atoms with Crippen molar-refractivity contribution in [2.24, 2.45) is 0 Å². The van der Waals surface area contributed by atoms with Crippen LogP contribution in [0.3, 0.4) is 0 Å². The van der Waals surface area contributed by atoms with Crippen LogP contribution in [-0.4, -0.2) is 45.7 Å². The van der Waals surface area contributed by atoms with Crippen LogP contribution >= 0.6 is 11.8 Å². The van der Waals surface area contributed by atoms with E-state index in [1.807, 2.05) is 0 Å². The highest BCUT2D eigenvalue weighted by Crippen LogP contribution is 2.18. The van der Waals surface area contributed by atoms with Crippen molar-refractivity contribution in [1.29, 1.82) is 0 Å². The third-order valence-electron chi connectivity index (χ3n) is 2.53. The molecule has 5 nitrogen and oxygen atoms in total. The van der Waals surface area contributed by atoms with Crippen LogP contribution in [-0.2, 0) is 9.59 Å². The summed E-state index contributed by atoms with van der Waals surface area (Å²) in [7, 11) is 0. The first-order valence-corrected chi connectivity index (χ1v) is 6.52. The molecule has 0 aromatic rings. The first-order valence-electron chi connectivity index (χ1n) is 5.36. The Morgan fingerprint density at radius 2 is 1.94 bits per heavy atom. The van der Waals surface area contributed by atoms with Gasteiger partial charge in [0, 0.05) is 0 Å². The summed E-state index contributed by atoms with van der Waals surface area (Å²) in [6.07, 6.45) is 3.09. The molecule has 1 saturated carbocycles. The Balaban J connectivity index is 2.19. The molecule has 0 unspecified atom stereocenters. The number of carbonyl (C=O) groups excluding carboxylic acids is 1. The number of nitrogens with one attached hydrogen (secondary N) is 1. The lowest BCUT2D eigenvalue weighted by molar-refractivity contribution is -0.133. The lowest BCUT2D eigenvalue weighted by Gasteiger charge is -2.28. The van der Waals surface area contributed by atoms with E-state index in [0.717, 1.165) is 37.4 Å². The smallest absolute Gasteiger partial charge is 0.313 e. The standard InChI is InChI=1S/C10H17NO4S/c12-8-4-2-1-3-7(8)11-9(13)5-16-6-10(14)15/h7-8,12H,1-6H2,(H,11,13)(H,14,15)/t7-,8-/m0/s1. The zero-order valence-electron chi connectivity index (χ0n) is 9.02. The summed E-state index contributed by atoms with van der Waals surface area (Å²) in [5.74, 6) is -1.05. The van der Waals surface area contributed by atoms with E-state index in [1.54, 1.807) is 0 Å². The molecule has 1 rings (SSSR count). The average Bonchev–Trinajstić information content (AvgIpc) is 2.21. The number of carboxylic acids is 1. The van der Waals surface area contributed by atoms with E-state index in [9.17, 15) is 14.7 Å². The molecule has 1 amide bonds. The summed E-state index contributed by atoms with van der Waals surface area (Å²) in [4.78, 5) is 21.6. The predicted molar refractivity (Wildman–Crippen MR) is 61.4 cm³/mol. The fourth-order valence-corrected chi connectivity index (χ4v) is 2.30. The van der Waals surface area contributed by atoms with Crippen molar-refractivity contribution in [3.63, 3.8) is 0 Å². The molecule has 16 heavy (non-hydrogen) atoms. The monoisotopic (exact) mass is 247 g/mol. The van der Waals surface area contributed by atoms with Crippen LogP contribution < -0.4 is 5.32 Å². The molecule has 1 aliphatic carbocycles. The van der Waals surface area contributed by atoms with Crippen LogP contribution in [0.2, 0.25) is 0 Å². The maximum absolute atomic E-state index is 11.4. The second-order valence-electron chi connectivity index (χ2n) is 3.91. The molecule has 0 radical (unpaired) electrons. The number of carboxylic acid groups (broad SMARTS) is 1. The Labute approximate surface area is 98.6 Å². The summed E-state index contributed by atoms with van der Waals surface area (Å²) in [5.41, 5.74) is 0. The van der Waals surface area contributed by atoms with E-state index in [1.165, 1.54) is 0 Å². The minimum atomic E-state index is -0.921. The van der Waals surface area contributed by atoms with E-state index < -0.39 is 12.1 Å². The molecule has 0 bridgehead atoms. The Kier molecular flexibility index (Phi) is 5.62. The normalized spacial score (nSPS) is 25.1. The molecule has 1 aliphatic rings. The molecular weight excluding hydrogens is 230 g/mol. The number of aliphatic carboxylic acids is 1. The zero-order valence-corrected chi connectivity index (χ0v) is 9.83. The molecule has 0 saturated heterocycles. The molecule has 0 aliphatic heterocycles. The van der Waals surface area contributed by atoms with Gasteiger partial charge >= 0.3 is 5.97 Å². The third-order valence-corrected chi connectivity index (χ3v) is 3.45. The Bertz CT molecular complexity index is 259. The van der Waals surface area contributed by atoms with Crippen LogP contribution in [0.5, 0.6) is 0 Å². The van der Waals surface area contributed by atoms with Crippen molar-refractivity contribution in [3.8, 4) is 0 Å². The SMILES string of the molecule is O=C(O)CSCC(=O)N[C@H]1CCCC[C@@H]1O. The van der Waals surface area contributed by atoms with Gasteiger partial charge in [-0.25, -0.2) is 0 Å². The molecule has 0 aromatic heterocycles. The quantitative estimate of drug-likeness (QED) is 0.647. The summed E-state index contributed by atoms with van der Waals surface area (Å²) in [6.45, 7) is 0. The lowest BCUT2D eigenvalue weighted by Crippen LogP contribution is -2.45. The molecule has 0 spiro atoms. The summed E-state index contributed by atoms with van der Waals surface area (Å²) < 4.78 is 0. The predicted octanol–water partition coefficient (Wildman–Crippen LogP) is 0.224. The van der Waals surface area contributed by atoms with Gasteiger partial charge < -0.3 is 15.5 Å². The summed E-state index contributed by atoms with van der Waals surface area (Å²) >= 11 is 1.07. The number of carbonyl (C=O) groups is 2. The van der Waals surface area contributed by atoms with Gasteiger partial charge in [-0.3, -0.25) is 9.59 Å². The molecule has 0 heterocycles. The zero-order chi connectivity index (χ0) is 12.0. The number of amides is 1. The third kappa shape index (κ3) is 4.85. The summed E-state index contributed by atoms with van der Waals surface area (Å²) in [6, 6.07) is -0.160. The number of aliphatic hydroxyl groups is 1.